The molecule has 6 heteroatoms. The fourth-order valence-corrected chi connectivity index (χ4v) is 1.83. The highest BCUT2D eigenvalue weighted by molar-refractivity contribution is 5.53. The molecule has 1 aliphatic heterocycles. The predicted molar refractivity (Wildman–Crippen MR) is 52.9 cm³/mol. The summed E-state index contributed by atoms with van der Waals surface area (Å²) in [4.78, 5) is 14.3. The lowest BCUT2D eigenvalue weighted by molar-refractivity contribution is -0.112. The van der Waals surface area contributed by atoms with Gasteiger partial charge in [-0.3, -0.25) is 4.90 Å². The molecule has 1 aliphatic rings. The van der Waals surface area contributed by atoms with E-state index < -0.39 is 0 Å². The highest BCUT2D eigenvalue weighted by Crippen LogP contribution is 2.15. The number of hydrogen-bond donors (Lipinski definition) is 0. The van der Waals surface area contributed by atoms with Gasteiger partial charge in [0.25, 0.3) is 0 Å². The number of likely N-dealkylation sites (tertiary alicyclic amines) is 1. The number of carbonyl (C=O) groups excluding carboxylic acids is 1. The summed E-state index contributed by atoms with van der Waals surface area (Å²) in [5.74, 6) is 0.998. The average Bonchev–Trinajstić information content (AvgIpc) is 2.65. The van der Waals surface area contributed by atoms with E-state index in [2.05, 4.69) is 20.3 Å². The van der Waals surface area contributed by atoms with Crippen molar-refractivity contribution >= 4 is 6.29 Å². The van der Waals surface area contributed by atoms with Crippen molar-refractivity contribution in [3.8, 4) is 0 Å². The van der Waals surface area contributed by atoms with Crippen molar-refractivity contribution < 1.29 is 4.79 Å². The molecule has 0 N–H and O–H groups in total. The van der Waals surface area contributed by atoms with Crippen molar-refractivity contribution in [1.82, 2.24) is 25.1 Å². The van der Waals surface area contributed by atoms with Gasteiger partial charge in [0, 0.05) is 5.92 Å². The number of tetrazole rings is 1. The zero-order valence-electron chi connectivity index (χ0n) is 8.83. The summed E-state index contributed by atoms with van der Waals surface area (Å²) in [5.41, 5.74) is 0. The molecule has 1 saturated heterocycles. The van der Waals surface area contributed by atoms with Gasteiger partial charge in [0.05, 0.1) is 13.6 Å². The van der Waals surface area contributed by atoms with Gasteiger partial charge in [0.15, 0.2) is 5.82 Å². The minimum atomic E-state index is 0.246. The fraction of sp³-hybridized carbons (Fsp3) is 0.778. The SMILES string of the molecule is Cn1nnc(CN2CCC(C=O)CC2)n1. The number of piperidine rings is 1. The Morgan fingerprint density at radius 3 is 2.73 bits per heavy atom. The van der Waals surface area contributed by atoms with Crippen LogP contribution >= 0.6 is 0 Å². The molecule has 2 rings (SSSR count). The maximum Gasteiger partial charge on any atom is 0.188 e. The molecule has 1 aromatic rings. The zero-order chi connectivity index (χ0) is 10.7. The third kappa shape index (κ3) is 2.59. The highest BCUT2D eigenvalue weighted by atomic mass is 16.1. The van der Waals surface area contributed by atoms with Crippen LogP contribution in [0, 0.1) is 5.92 Å². The minimum absolute atomic E-state index is 0.246. The van der Waals surface area contributed by atoms with Gasteiger partial charge in [-0.15, -0.1) is 10.2 Å². The van der Waals surface area contributed by atoms with Crippen molar-refractivity contribution in [2.24, 2.45) is 13.0 Å². The van der Waals surface area contributed by atoms with Crippen LogP contribution in [0.1, 0.15) is 18.7 Å². The molecule has 0 saturated carbocycles. The van der Waals surface area contributed by atoms with Crippen LogP contribution in [0.5, 0.6) is 0 Å². The smallest absolute Gasteiger partial charge is 0.188 e. The molecule has 0 bridgehead atoms. The number of hydrogen-bond acceptors (Lipinski definition) is 5. The van der Waals surface area contributed by atoms with Gasteiger partial charge in [-0.1, -0.05) is 0 Å². The lowest BCUT2D eigenvalue weighted by Crippen LogP contribution is -2.34. The van der Waals surface area contributed by atoms with Gasteiger partial charge in [-0.25, -0.2) is 0 Å². The average molecular weight is 209 g/mol. The minimum Gasteiger partial charge on any atom is -0.303 e. The molecule has 2 heterocycles. The van der Waals surface area contributed by atoms with Gasteiger partial charge in [-0.2, -0.15) is 4.80 Å². The molecular weight excluding hydrogens is 194 g/mol. The van der Waals surface area contributed by atoms with Crippen LogP contribution in [0.2, 0.25) is 0 Å². The second-order valence-corrected chi connectivity index (χ2v) is 3.94. The monoisotopic (exact) mass is 209 g/mol. The maximum absolute atomic E-state index is 10.6. The Balaban J connectivity index is 1.84. The second kappa shape index (κ2) is 4.48. The Labute approximate surface area is 88.2 Å². The summed E-state index contributed by atoms with van der Waals surface area (Å²) in [5, 5.41) is 11.9. The Hall–Kier alpha value is -1.30. The first-order chi connectivity index (χ1) is 7.28. The number of aldehydes is 1. The van der Waals surface area contributed by atoms with Crippen molar-refractivity contribution in [1.29, 1.82) is 0 Å². The van der Waals surface area contributed by atoms with Crippen LogP contribution in [-0.2, 0) is 18.4 Å². The molecule has 0 aliphatic carbocycles. The number of carbonyl (C=O) groups is 1. The van der Waals surface area contributed by atoms with E-state index in [4.69, 9.17) is 0 Å². The lowest BCUT2D eigenvalue weighted by atomic mass is 9.99. The van der Waals surface area contributed by atoms with E-state index in [0.717, 1.165) is 44.6 Å². The van der Waals surface area contributed by atoms with Gasteiger partial charge >= 0.3 is 0 Å². The lowest BCUT2D eigenvalue weighted by Gasteiger charge is -2.28. The van der Waals surface area contributed by atoms with E-state index in [9.17, 15) is 4.79 Å². The Morgan fingerprint density at radius 2 is 2.20 bits per heavy atom. The van der Waals surface area contributed by atoms with Crippen molar-refractivity contribution in [2.75, 3.05) is 13.1 Å². The third-order valence-corrected chi connectivity index (χ3v) is 2.74. The van der Waals surface area contributed by atoms with Gasteiger partial charge < -0.3 is 4.79 Å². The summed E-state index contributed by atoms with van der Waals surface area (Å²) in [7, 11) is 1.76. The van der Waals surface area contributed by atoms with Crippen LogP contribution in [0.3, 0.4) is 0 Å². The largest absolute Gasteiger partial charge is 0.303 e. The second-order valence-electron chi connectivity index (χ2n) is 3.94. The quantitative estimate of drug-likeness (QED) is 0.635. The van der Waals surface area contributed by atoms with Gasteiger partial charge in [0.1, 0.15) is 6.29 Å². The molecule has 82 valence electrons. The standard InChI is InChI=1S/C9H15N5O/c1-13-11-9(10-12-13)6-14-4-2-8(7-15)3-5-14/h7-8H,2-6H2,1H3. The Morgan fingerprint density at radius 1 is 1.47 bits per heavy atom. The Kier molecular flexibility index (Phi) is 3.05. The van der Waals surface area contributed by atoms with Crippen LogP contribution in [-0.4, -0.2) is 44.5 Å². The maximum atomic E-state index is 10.6. The summed E-state index contributed by atoms with van der Waals surface area (Å²) in [6.07, 6.45) is 2.96. The highest BCUT2D eigenvalue weighted by Gasteiger charge is 2.19. The molecule has 6 nitrogen and oxygen atoms in total. The van der Waals surface area contributed by atoms with Crippen molar-refractivity contribution in [2.45, 2.75) is 19.4 Å². The molecule has 0 spiro atoms. The first-order valence-electron chi connectivity index (χ1n) is 5.18. The number of aryl methyl sites for hydroxylation is 1. The van der Waals surface area contributed by atoms with E-state index in [1.54, 1.807) is 7.05 Å². The van der Waals surface area contributed by atoms with Crippen LogP contribution < -0.4 is 0 Å². The molecule has 0 unspecified atom stereocenters. The summed E-state index contributed by atoms with van der Waals surface area (Å²) < 4.78 is 0. The van der Waals surface area contributed by atoms with E-state index in [0.29, 0.717) is 0 Å². The molecule has 0 radical (unpaired) electrons. The van der Waals surface area contributed by atoms with Crippen LogP contribution in [0.15, 0.2) is 0 Å². The van der Waals surface area contributed by atoms with Gasteiger partial charge in [-0.05, 0) is 31.1 Å². The van der Waals surface area contributed by atoms with Crippen molar-refractivity contribution in [3.05, 3.63) is 5.82 Å². The summed E-state index contributed by atoms with van der Waals surface area (Å²) in [6.45, 7) is 2.63. The normalized spacial score (nSPS) is 19.3. The number of aromatic nitrogens is 4. The molecule has 0 atom stereocenters. The molecule has 0 aromatic carbocycles. The predicted octanol–water partition coefficient (Wildman–Crippen LogP) is -0.379. The summed E-state index contributed by atoms with van der Waals surface area (Å²) in [6, 6.07) is 0. The van der Waals surface area contributed by atoms with Gasteiger partial charge in [0.2, 0.25) is 0 Å². The summed E-state index contributed by atoms with van der Waals surface area (Å²) >= 11 is 0. The molecular formula is C9H15N5O. The first kappa shape index (κ1) is 10.2. The van der Waals surface area contributed by atoms with E-state index in [1.165, 1.54) is 4.80 Å². The molecule has 1 aromatic heterocycles. The first-order valence-corrected chi connectivity index (χ1v) is 5.18. The topological polar surface area (TPSA) is 63.9 Å². The zero-order valence-corrected chi connectivity index (χ0v) is 8.83. The molecule has 15 heavy (non-hydrogen) atoms. The number of rotatable bonds is 3. The van der Waals surface area contributed by atoms with Crippen molar-refractivity contribution in [3.63, 3.8) is 0 Å². The molecule has 1 fully saturated rings. The van der Waals surface area contributed by atoms with Crippen LogP contribution in [0.25, 0.3) is 0 Å². The molecule has 0 amide bonds. The Bertz CT molecular complexity index is 329. The van der Waals surface area contributed by atoms with Crippen LogP contribution in [0.4, 0.5) is 0 Å². The number of nitrogens with zero attached hydrogens (tertiary/aromatic N) is 5. The third-order valence-electron chi connectivity index (χ3n) is 2.74. The van der Waals surface area contributed by atoms with E-state index in [-0.39, 0.29) is 5.92 Å². The fourth-order valence-electron chi connectivity index (χ4n) is 1.83. The van der Waals surface area contributed by atoms with E-state index >= 15 is 0 Å². The van der Waals surface area contributed by atoms with E-state index in [1.807, 2.05) is 0 Å².